The van der Waals surface area contributed by atoms with Crippen molar-refractivity contribution in [2.75, 3.05) is 33.8 Å². The second-order valence-corrected chi connectivity index (χ2v) is 5.85. The molecule has 0 atom stereocenters. The summed E-state index contributed by atoms with van der Waals surface area (Å²) in [6, 6.07) is 5.16. The normalized spacial score (nSPS) is 16.7. The number of hydrogen-bond acceptors (Lipinski definition) is 4. The molecule has 0 radical (unpaired) electrons. The van der Waals surface area contributed by atoms with E-state index in [0.29, 0.717) is 5.75 Å². The van der Waals surface area contributed by atoms with Crippen molar-refractivity contribution in [3.8, 4) is 11.5 Å². The highest BCUT2D eigenvalue weighted by Gasteiger charge is 2.31. The van der Waals surface area contributed by atoms with Crippen LogP contribution in [0.25, 0.3) is 0 Å². The lowest BCUT2D eigenvalue weighted by Gasteiger charge is -2.35. The minimum Gasteiger partial charge on any atom is -0.484 e. The highest BCUT2D eigenvalue weighted by molar-refractivity contribution is 5.77. The Bertz CT molecular complexity index is 540. The molecule has 0 aromatic heterocycles. The molecule has 0 spiro atoms. The number of carbonyl (C=O) groups is 1. The number of benzene rings is 1. The second-order valence-electron chi connectivity index (χ2n) is 5.85. The number of likely N-dealkylation sites (tertiary alicyclic amines) is 1. The average molecular weight is 346 g/mol. The molecule has 8 heteroatoms. The molecule has 1 amide bonds. The molecule has 0 unspecified atom stereocenters. The highest BCUT2D eigenvalue weighted by atomic mass is 19.4. The number of halogens is 3. The van der Waals surface area contributed by atoms with Crippen molar-refractivity contribution in [1.29, 1.82) is 0 Å². The van der Waals surface area contributed by atoms with Crippen LogP contribution in [0.2, 0.25) is 0 Å². The van der Waals surface area contributed by atoms with E-state index in [-0.39, 0.29) is 24.3 Å². The molecule has 5 nitrogen and oxygen atoms in total. The Morgan fingerprint density at radius 3 is 2.29 bits per heavy atom. The molecule has 1 aromatic rings. The van der Waals surface area contributed by atoms with E-state index in [1.54, 1.807) is 11.9 Å². The molecule has 0 N–H and O–H groups in total. The Hall–Kier alpha value is -1.96. The Labute approximate surface area is 138 Å². The fraction of sp³-hybridized carbons (Fsp3) is 0.562. The van der Waals surface area contributed by atoms with E-state index in [2.05, 4.69) is 9.64 Å². The quantitative estimate of drug-likeness (QED) is 0.822. The molecule has 1 aliphatic rings. The van der Waals surface area contributed by atoms with Gasteiger partial charge in [0.2, 0.25) is 0 Å². The Morgan fingerprint density at radius 1 is 1.21 bits per heavy atom. The summed E-state index contributed by atoms with van der Waals surface area (Å²) < 4.78 is 45.4. The number of hydrogen-bond donors (Lipinski definition) is 0. The smallest absolute Gasteiger partial charge is 0.484 e. The monoisotopic (exact) mass is 346 g/mol. The lowest BCUT2D eigenvalue weighted by molar-refractivity contribution is -0.274. The Morgan fingerprint density at radius 2 is 1.75 bits per heavy atom. The van der Waals surface area contributed by atoms with Crippen LogP contribution in [0.4, 0.5) is 13.2 Å². The van der Waals surface area contributed by atoms with Gasteiger partial charge in [-0.25, -0.2) is 0 Å². The lowest BCUT2D eigenvalue weighted by Crippen LogP contribution is -2.45. The molecule has 0 aliphatic carbocycles. The van der Waals surface area contributed by atoms with Gasteiger partial charge in [0.05, 0.1) is 0 Å². The molecule has 2 rings (SSSR count). The van der Waals surface area contributed by atoms with Gasteiger partial charge in [-0.2, -0.15) is 0 Å². The van der Waals surface area contributed by atoms with Crippen molar-refractivity contribution < 1.29 is 27.4 Å². The number of alkyl halides is 3. The van der Waals surface area contributed by atoms with Gasteiger partial charge in [-0.1, -0.05) is 0 Å². The number of amides is 1. The molecule has 134 valence electrons. The van der Waals surface area contributed by atoms with Gasteiger partial charge in [0.15, 0.2) is 6.61 Å². The highest BCUT2D eigenvalue weighted by Crippen LogP contribution is 2.24. The van der Waals surface area contributed by atoms with Crippen molar-refractivity contribution in [1.82, 2.24) is 9.80 Å². The molecular weight excluding hydrogens is 325 g/mol. The van der Waals surface area contributed by atoms with Crippen LogP contribution >= 0.6 is 0 Å². The second kappa shape index (κ2) is 7.74. The van der Waals surface area contributed by atoms with Crippen LogP contribution in [-0.4, -0.2) is 61.9 Å². The van der Waals surface area contributed by atoms with E-state index < -0.39 is 6.36 Å². The lowest BCUT2D eigenvalue weighted by atomic mass is 10.0. The van der Waals surface area contributed by atoms with Crippen molar-refractivity contribution in [2.45, 2.75) is 25.2 Å². The van der Waals surface area contributed by atoms with E-state index in [4.69, 9.17) is 4.74 Å². The maximum atomic E-state index is 12.2. The summed E-state index contributed by atoms with van der Waals surface area (Å²) in [6.07, 6.45) is -2.89. The van der Waals surface area contributed by atoms with Crippen LogP contribution < -0.4 is 9.47 Å². The van der Waals surface area contributed by atoms with Crippen LogP contribution in [0.1, 0.15) is 12.8 Å². The fourth-order valence-electron chi connectivity index (χ4n) is 2.57. The largest absolute Gasteiger partial charge is 0.573 e. The minimum atomic E-state index is -4.73. The van der Waals surface area contributed by atoms with E-state index in [0.717, 1.165) is 38.1 Å². The summed E-state index contributed by atoms with van der Waals surface area (Å²) in [5.41, 5.74) is 0. The van der Waals surface area contributed by atoms with Gasteiger partial charge in [-0.15, -0.1) is 13.2 Å². The number of nitrogens with zero attached hydrogens (tertiary/aromatic N) is 2. The first kappa shape index (κ1) is 18.4. The van der Waals surface area contributed by atoms with Crippen LogP contribution in [0.3, 0.4) is 0 Å². The molecule has 0 saturated carbocycles. The van der Waals surface area contributed by atoms with Gasteiger partial charge in [-0.3, -0.25) is 4.79 Å². The number of piperidine rings is 1. The van der Waals surface area contributed by atoms with E-state index in [1.165, 1.54) is 12.1 Å². The van der Waals surface area contributed by atoms with Crippen LogP contribution in [0.5, 0.6) is 11.5 Å². The predicted molar refractivity (Wildman–Crippen MR) is 81.9 cm³/mol. The molecule has 1 fully saturated rings. The Balaban J connectivity index is 1.81. The molecule has 24 heavy (non-hydrogen) atoms. The molecule has 1 saturated heterocycles. The summed E-state index contributed by atoms with van der Waals surface area (Å²) in [6.45, 7) is 1.75. The SMILES string of the molecule is CN1CCC(N(C)C(=O)COc2ccc(OC(F)(F)F)cc2)CC1. The third-order valence-corrected chi connectivity index (χ3v) is 4.05. The molecule has 1 aliphatic heterocycles. The zero-order valence-corrected chi connectivity index (χ0v) is 13.7. The predicted octanol–water partition coefficient (Wildman–Crippen LogP) is 2.52. The topological polar surface area (TPSA) is 42.0 Å². The number of rotatable bonds is 5. The summed E-state index contributed by atoms with van der Waals surface area (Å²) in [5, 5.41) is 0. The maximum Gasteiger partial charge on any atom is 0.573 e. The maximum absolute atomic E-state index is 12.2. The van der Waals surface area contributed by atoms with Crippen molar-refractivity contribution in [3.05, 3.63) is 24.3 Å². The third kappa shape index (κ3) is 5.59. The van der Waals surface area contributed by atoms with E-state index in [9.17, 15) is 18.0 Å². The number of likely N-dealkylation sites (N-methyl/N-ethyl adjacent to an activating group) is 1. The molecule has 0 bridgehead atoms. The molecule has 1 heterocycles. The molecule has 1 aromatic carbocycles. The van der Waals surface area contributed by atoms with Gasteiger partial charge in [0, 0.05) is 13.1 Å². The van der Waals surface area contributed by atoms with Crippen LogP contribution in [0.15, 0.2) is 24.3 Å². The standard InChI is InChI=1S/C16H21F3N2O3/c1-20-9-7-12(8-10-20)21(2)15(22)11-23-13-3-5-14(6-4-13)24-16(17,18)19/h3-6,12H,7-11H2,1-2H3. The van der Waals surface area contributed by atoms with Crippen LogP contribution in [-0.2, 0) is 4.79 Å². The van der Waals surface area contributed by atoms with Crippen LogP contribution in [0, 0.1) is 0 Å². The van der Waals surface area contributed by atoms with Crippen molar-refractivity contribution in [2.24, 2.45) is 0 Å². The van der Waals surface area contributed by atoms with E-state index in [1.807, 2.05) is 7.05 Å². The summed E-state index contributed by atoms with van der Waals surface area (Å²) >= 11 is 0. The Kier molecular flexibility index (Phi) is 5.93. The fourth-order valence-corrected chi connectivity index (χ4v) is 2.57. The minimum absolute atomic E-state index is 0.150. The molecular formula is C16H21F3N2O3. The van der Waals surface area contributed by atoms with E-state index >= 15 is 0 Å². The van der Waals surface area contributed by atoms with Gasteiger partial charge in [0.1, 0.15) is 11.5 Å². The van der Waals surface area contributed by atoms with Gasteiger partial charge >= 0.3 is 6.36 Å². The van der Waals surface area contributed by atoms with Gasteiger partial charge < -0.3 is 19.3 Å². The first-order valence-electron chi connectivity index (χ1n) is 7.67. The zero-order chi connectivity index (χ0) is 17.7. The number of carbonyl (C=O) groups excluding carboxylic acids is 1. The third-order valence-electron chi connectivity index (χ3n) is 4.05. The first-order chi connectivity index (χ1) is 11.2. The first-order valence-corrected chi connectivity index (χ1v) is 7.67. The van der Waals surface area contributed by atoms with Gasteiger partial charge in [0.25, 0.3) is 5.91 Å². The average Bonchev–Trinajstić information content (AvgIpc) is 2.52. The summed E-state index contributed by atoms with van der Waals surface area (Å²) in [4.78, 5) is 16.1. The number of ether oxygens (including phenoxy) is 2. The summed E-state index contributed by atoms with van der Waals surface area (Å²) in [7, 11) is 3.80. The van der Waals surface area contributed by atoms with Gasteiger partial charge in [-0.05, 0) is 57.2 Å². The van der Waals surface area contributed by atoms with Crippen molar-refractivity contribution >= 4 is 5.91 Å². The zero-order valence-electron chi connectivity index (χ0n) is 13.7. The summed E-state index contributed by atoms with van der Waals surface area (Å²) in [5.74, 6) is -0.167. The van der Waals surface area contributed by atoms with Crippen molar-refractivity contribution in [3.63, 3.8) is 0 Å².